The van der Waals surface area contributed by atoms with E-state index < -0.39 is 6.23 Å². The van der Waals surface area contributed by atoms with Crippen LogP contribution in [-0.2, 0) is 0 Å². The number of hydrogen-bond acceptors (Lipinski definition) is 3. The highest BCUT2D eigenvalue weighted by molar-refractivity contribution is 6.35. The molecule has 5 rings (SSSR count). The Morgan fingerprint density at radius 2 is 1.62 bits per heavy atom. The molecule has 0 spiro atoms. The van der Waals surface area contributed by atoms with Crippen LogP contribution in [0.5, 0.6) is 5.75 Å². The number of hydrogen-bond donors (Lipinski definition) is 0. The minimum absolute atomic E-state index is 0.0190. The summed E-state index contributed by atoms with van der Waals surface area (Å²) >= 11 is 18.9. The van der Waals surface area contributed by atoms with Gasteiger partial charge in [-0.15, -0.1) is 0 Å². The van der Waals surface area contributed by atoms with Crippen molar-refractivity contribution < 1.29 is 4.74 Å². The van der Waals surface area contributed by atoms with Gasteiger partial charge in [-0.25, -0.2) is 5.01 Å². The average molecular weight is 444 g/mol. The lowest BCUT2D eigenvalue weighted by atomic mass is 9.95. The summed E-state index contributed by atoms with van der Waals surface area (Å²) in [4.78, 5) is 0. The summed E-state index contributed by atoms with van der Waals surface area (Å²) in [6.45, 7) is 2.08. The number of halogens is 3. The van der Waals surface area contributed by atoms with Crippen molar-refractivity contribution in [2.75, 3.05) is 0 Å². The smallest absolute Gasteiger partial charge is 0.215 e. The maximum atomic E-state index is 6.52. The Labute approximate surface area is 184 Å². The Kier molecular flexibility index (Phi) is 4.70. The minimum atomic E-state index is -0.443. The van der Waals surface area contributed by atoms with Gasteiger partial charge >= 0.3 is 0 Å². The first-order valence-corrected chi connectivity index (χ1v) is 10.5. The number of rotatable bonds is 2. The molecule has 2 aliphatic rings. The first-order chi connectivity index (χ1) is 14.0. The summed E-state index contributed by atoms with van der Waals surface area (Å²) in [6, 6.07) is 19.6. The van der Waals surface area contributed by atoms with E-state index >= 15 is 0 Å². The Morgan fingerprint density at radius 1 is 0.897 bits per heavy atom. The van der Waals surface area contributed by atoms with Crippen LogP contribution in [0.1, 0.15) is 40.9 Å². The average Bonchev–Trinajstić information content (AvgIpc) is 3.14. The highest BCUT2D eigenvalue weighted by Gasteiger charge is 2.41. The molecule has 0 aliphatic carbocycles. The Bertz CT molecular complexity index is 1130. The predicted molar refractivity (Wildman–Crippen MR) is 118 cm³/mol. The van der Waals surface area contributed by atoms with Crippen LogP contribution in [0.2, 0.25) is 15.1 Å². The maximum Gasteiger partial charge on any atom is 0.215 e. The van der Waals surface area contributed by atoms with Gasteiger partial charge < -0.3 is 4.74 Å². The van der Waals surface area contributed by atoms with Crippen LogP contribution in [0, 0.1) is 6.92 Å². The van der Waals surface area contributed by atoms with E-state index in [4.69, 9.17) is 44.6 Å². The molecular formula is C23H17Cl3N2O. The van der Waals surface area contributed by atoms with Crippen molar-refractivity contribution in [3.63, 3.8) is 0 Å². The van der Waals surface area contributed by atoms with Crippen LogP contribution < -0.4 is 4.74 Å². The fraction of sp³-hybridized carbons (Fsp3) is 0.174. The number of fused-ring (bicyclic) bond motifs is 3. The van der Waals surface area contributed by atoms with Gasteiger partial charge in [0.25, 0.3) is 0 Å². The molecule has 3 aromatic carbocycles. The topological polar surface area (TPSA) is 24.8 Å². The summed E-state index contributed by atoms with van der Waals surface area (Å²) in [7, 11) is 0. The molecule has 0 bridgehead atoms. The molecule has 2 aliphatic heterocycles. The minimum Gasteiger partial charge on any atom is -0.464 e. The largest absolute Gasteiger partial charge is 0.464 e. The molecule has 6 heteroatoms. The highest BCUT2D eigenvalue weighted by atomic mass is 35.5. The second kappa shape index (κ2) is 7.24. The van der Waals surface area contributed by atoms with Gasteiger partial charge in [0.1, 0.15) is 5.75 Å². The lowest BCUT2D eigenvalue weighted by molar-refractivity contribution is -0.0189. The molecule has 146 valence electrons. The number of hydrazone groups is 1. The van der Waals surface area contributed by atoms with Gasteiger partial charge in [-0.05, 0) is 42.8 Å². The molecule has 2 heterocycles. The molecule has 3 aromatic rings. The third kappa shape index (κ3) is 3.38. The number of benzene rings is 3. The van der Waals surface area contributed by atoms with Gasteiger partial charge in [0, 0.05) is 27.6 Å². The second-order valence-electron chi connectivity index (χ2n) is 7.33. The first-order valence-electron chi connectivity index (χ1n) is 9.33. The van der Waals surface area contributed by atoms with Crippen molar-refractivity contribution in [1.82, 2.24) is 5.01 Å². The molecule has 0 amide bonds. The fourth-order valence-electron chi connectivity index (χ4n) is 3.89. The molecule has 0 saturated heterocycles. The van der Waals surface area contributed by atoms with Crippen LogP contribution in [0.4, 0.5) is 0 Å². The van der Waals surface area contributed by atoms with Crippen molar-refractivity contribution in [2.45, 2.75) is 25.6 Å². The van der Waals surface area contributed by atoms with E-state index in [1.165, 1.54) is 5.56 Å². The van der Waals surface area contributed by atoms with Crippen LogP contribution in [0.3, 0.4) is 0 Å². The van der Waals surface area contributed by atoms with E-state index in [0.717, 1.165) is 34.6 Å². The SMILES string of the molecule is Cc1ccc(C2=NN3[C@@H](c4ccc(Cl)cc4Cl)Oc4ccc(Cl)cc4[C@@H]3C2)cc1. The molecule has 0 N–H and O–H groups in total. The van der Waals surface area contributed by atoms with Crippen LogP contribution in [-0.4, -0.2) is 10.7 Å². The Morgan fingerprint density at radius 3 is 2.38 bits per heavy atom. The van der Waals surface area contributed by atoms with Crippen LogP contribution in [0.15, 0.2) is 65.8 Å². The summed E-state index contributed by atoms with van der Waals surface area (Å²) in [5.74, 6) is 0.798. The van der Waals surface area contributed by atoms with Crippen molar-refractivity contribution in [1.29, 1.82) is 0 Å². The van der Waals surface area contributed by atoms with E-state index in [0.29, 0.717) is 15.1 Å². The van der Waals surface area contributed by atoms with Crippen molar-refractivity contribution in [3.05, 3.63) is 98.0 Å². The molecule has 29 heavy (non-hydrogen) atoms. The lowest BCUT2D eigenvalue weighted by Crippen LogP contribution is -2.33. The lowest BCUT2D eigenvalue weighted by Gasteiger charge is -2.38. The number of nitrogens with zero attached hydrogens (tertiary/aromatic N) is 2. The fourth-order valence-corrected chi connectivity index (χ4v) is 4.57. The number of aryl methyl sites for hydroxylation is 1. The van der Waals surface area contributed by atoms with E-state index in [1.807, 2.05) is 35.3 Å². The molecule has 2 atom stereocenters. The Balaban J connectivity index is 1.62. The second-order valence-corrected chi connectivity index (χ2v) is 8.61. The van der Waals surface area contributed by atoms with E-state index in [2.05, 4.69) is 31.2 Å². The van der Waals surface area contributed by atoms with Gasteiger partial charge in [0.15, 0.2) is 0 Å². The molecule has 0 fully saturated rings. The van der Waals surface area contributed by atoms with Gasteiger partial charge in [0.05, 0.1) is 16.8 Å². The third-order valence-electron chi connectivity index (χ3n) is 5.37. The third-order valence-corrected chi connectivity index (χ3v) is 6.16. The maximum absolute atomic E-state index is 6.52. The quantitative estimate of drug-likeness (QED) is 0.418. The number of ether oxygens (including phenoxy) is 1. The molecular weight excluding hydrogens is 427 g/mol. The zero-order chi connectivity index (χ0) is 20.1. The van der Waals surface area contributed by atoms with E-state index in [9.17, 15) is 0 Å². The van der Waals surface area contributed by atoms with E-state index in [1.54, 1.807) is 6.07 Å². The zero-order valence-electron chi connectivity index (χ0n) is 15.6. The summed E-state index contributed by atoms with van der Waals surface area (Å²) in [5, 5.41) is 8.76. The Hall–Kier alpha value is -2.20. The molecule has 0 aromatic heterocycles. The van der Waals surface area contributed by atoms with Crippen molar-refractivity contribution in [2.24, 2.45) is 5.10 Å². The normalized spacial score (nSPS) is 20.0. The zero-order valence-corrected chi connectivity index (χ0v) is 17.8. The first kappa shape index (κ1) is 18.8. The van der Waals surface area contributed by atoms with E-state index in [-0.39, 0.29) is 6.04 Å². The molecule has 0 saturated carbocycles. The summed E-state index contributed by atoms with van der Waals surface area (Å²) < 4.78 is 6.34. The summed E-state index contributed by atoms with van der Waals surface area (Å²) in [6.07, 6.45) is 0.322. The standard InChI is InChI=1S/C23H17Cl3N2O/c1-13-2-4-14(5-3-13)20-12-21-18-10-15(24)7-9-22(18)29-23(28(21)27-20)17-8-6-16(25)11-19(17)26/h2-11,21,23H,12H2,1H3/t21-,23+/m0/s1. The summed E-state index contributed by atoms with van der Waals surface area (Å²) in [5.41, 5.74) is 5.20. The highest BCUT2D eigenvalue weighted by Crippen LogP contribution is 2.49. The van der Waals surface area contributed by atoms with Gasteiger partial charge in [0.2, 0.25) is 6.23 Å². The van der Waals surface area contributed by atoms with Crippen LogP contribution in [0.25, 0.3) is 0 Å². The van der Waals surface area contributed by atoms with Crippen molar-refractivity contribution in [3.8, 4) is 5.75 Å². The molecule has 0 radical (unpaired) electrons. The monoisotopic (exact) mass is 442 g/mol. The van der Waals surface area contributed by atoms with Gasteiger partial charge in [-0.3, -0.25) is 0 Å². The van der Waals surface area contributed by atoms with Crippen molar-refractivity contribution >= 4 is 40.5 Å². The van der Waals surface area contributed by atoms with Gasteiger partial charge in [-0.1, -0.05) is 70.7 Å². The molecule has 0 unspecified atom stereocenters. The van der Waals surface area contributed by atoms with Crippen LogP contribution >= 0.6 is 34.8 Å². The molecule has 3 nitrogen and oxygen atoms in total. The predicted octanol–water partition coefficient (Wildman–Crippen LogP) is 7.20. The van der Waals surface area contributed by atoms with Gasteiger partial charge in [-0.2, -0.15) is 5.10 Å².